The van der Waals surface area contributed by atoms with Crippen molar-refractivity contribution in [2.24, 2.45) is 0 Å². The van der Waals surface area contributed by atoms with E-state index < -0.39 is 11.9 Å². The van der Waals surface area contributed by atoms with E-state index in [4.69, 9.17) is 14.4 Å². The molecule has 1 aromatic heterocycles. The van der Waals surface area contributed by atoms with Gasteiger partial charge in [-0.25, -0.2) is 4.39 Å². The van der Waals surface area contributed by atoms with Crippen molar-refractivity contribution in [2.75, 3.05) is 0 Å². The molecule has 7 heteroatoms. The lowest BCUT2D eigenvalue weighted by atomic mass is 10.1. The van der Waals surface area contributed by atoms with Crippen LogP contribution in [0.4, 0.5) is 4.39 Å². The van der Waals surface area contributed by atoms with Crippen LogP contribution in [0.3, 0.4) is 0 Å². The number of ether oxygens (including phenoxy) is 1. The number of nitriles is 1. The molecule has 0 saturated carbocycles. The van der Waals surface area contributed by atoms with Crippen molar-refractivity contribution in [3.63, 3.8) is 0 Å². The zero-order chi connectivity index (χ0) is 17.6. The predicted molar refractivity (Wildman–Crippen MR) is 90.5 cm³/mol. The molecular formula is C18H14FN3O2S. The van der Waals surface area contributed by atoms with E-state index in [-0.39, 0.29) is 11.6 Å². The number of thioether (sulfide) groups is 1. The van der Waals surface area contributed by atoms with Crippen molar-refractivity contribution in [2.45, 2.75) is 24.0 Å². The highest BCUT2D eigenvalue weighted by molar-refractivity contribution is 7.98. The maximum atomic E-state index is 13.6. The largest absolute Gasteiger partial charge is 0.478 e. The van der Waals surface area contributed by atoms with Gasteiger partial charge in [0.15, 0.2) is 17.7 Å². The maximum absolute atomic E-state index is 13.6. The number of benzene rings is 2. The smallest absolute Gasteiger partial charge is 0.277 e. The molecule has 0 aliphatic heterocycles. The Morgan fingerprint density at radius 3 is 2.76 bits per heavy atom. The van der Waals surface area contributed by atoms with Crippen LogP contribution in [-0.2, 0) is 5.75 Å². The van der Waals surface area contributed by atoms with E-state index >= 15 is 0 Å². The molecule has 1 heterocycles. The zero-order valence-electron chi connectivity index (χ0n) is 13.3. The van der Waals surface area contributed by atoms with Gasteiger partial charge in [0.1, 0.15) is 0 Å². The molecule has 2 aromatic carbocycles. The first kappa shape index (κ1) is 17.0. The molecule has 0 saturated heterocycles. The minimum Gasteiger partial charge on any atom is -0.478 e. The summed E-state index contributed by atoms with van der Waals surface area (Å²) < 4.78 is 24.7. The summed E-state index contributed by atoms with van der Waals surface area (Å²) in [5.74, 6) is 0.481. The van der Waals surface area contributed by atoms with Gasteiger partial charge in [0.2, 0.25) is 0 Å². The maximum Gasteiger partial charge on any atom is 0.277 e. The van der Waals surface area contributed by atoms with Crippen LogP contribution in [0.15, 0.2) is 58.2 Å². The summed E-state index contributed by atoms with van der Waals surface area (Å²) in [4.78, 5) is 0. The molecule has 1 atom stereocenters. The fourth-order valence-electron chi connectivity index (χ4n) is 2.12. The van der Waals surface area contributed by atoms with Gasteiger partial charge in [-0.3, -0.25) is 0 Å². The van der Waals surface area contributed by atoms with Gasteiger partial charge in [-0.1, -0.05) is 42.1 Å². The Labute approximate surface area is 148 Å². The molecule has 3 aromatic rings. The standard InChI is InChI=1S/C18H14FN3O2S/c1-12(23-16-9-5-4-8-15(16)19)17-21-22-18(24-17)25-11-14-7-3-2-6-13(14)10-20/h2-9,12H,11H2,1H3/t12-/m0/s1. The van der Waals surface area contributed by atoms with Gasteiger partial charge in [0.25, 0.3) is 11.1 Å². The van der Waals surface area contributed by atoms with Gasteiger partial charge in [-0.2, -0.15) is 5.26 Å². The van der Waals surface area contributed by atoms with E-state index in [1.54, 1.807) is 25.1 Å². The summed E-state index contributed by atoms with van der Waals surface area (Å²) >= 11 is 1.33. The Hall–Kier alpha value is -2.85. The van der Waals surface area contributed by atoms with E-state index in [1.807, 2.05) is 18.2 Å². The van der Waals surface area contributed by atoms with Crippen molar-refractivity contribution in [1.29, 1.82) is 5.26 Å². The zero-order valence-corrected chi connectivity index (χ0v) is 14.2. The topological polar surface area (TPSA) is 71.9 Å². The third kappa shape index (κ3) is 4.17. The number of halogens is 1. The number of hydrogen-bond acceptors (Lipinski definition) is 6. The van der Waals surface area contributed by atoms with Crippen LogP contribution >= 0.6 is 11.8 Å². The average Bonchev–Trinajstić information content (AvgIpc) is 3.11. The van der Waals surface area contributed by atoms with E-state index in [1.165, 1.54) is 23.9 Å². The molecule has 3 rings (SSSR count). The second kappa shape index (κ2) is 7.81. The number of rotatable bonds is 6. The molecule has 126 valence electrons. The van der Waals surface area contributed by atoms with Gasteiger partial charge in [-0.15, -0.1) is 10.2 Å². The van der Waals surface area contributed by atoms with Crippen LogP contribution in [0.1, 0.15) is 30.0 Å². The number of para-hydroxylation sites is 1. The van der Waals surface area contributed by atoms with Crippen LogP contribution in [-0.4, -0.2) is 10.2 Å². The van der Waals surface area contributed by atoms with E-state index in [2.05, 4.69) is 16.3 Å². The van der Waals surface area contributed by atoms with Crippen molar-refractivity contribution < 1.29 is 13.5 Å². The van der Waals surface area contributed by atoms with Crippen molar-refractivity contribution in [3.8, 4) is 11.8 Å². The first-order valence-electron chi connectivity index (χ1n) is 7.52. The van der Waals surface area contributed by atoms with Crippen molar-refractivity contribution in [1.82, 2.24) is 10.2 Å². The molecule has 0 aliphatic carbocycles. The molecule has 0 N–H and O–H groups in total. The van der Waals surface area contributed by atoms with Gasteiger partial charge in [0.05, 0.1) is 11.6 Å². The predicted octanol–water partition coefficient (Wildman–Crippen LogP) is 4.51. The summed E-state index contributed by atoms with van der Waals surface area (Å²) in [6.45, 7) is 1.71. The molecule has 0 amide bonds. The van der Waals surface area contributed by atoms with Crippen LogP contribution in [0.25, 0.3) is 0 Å². The summed E-state index contributed by atoms with van der Waals surface area (Å²) in [6.07, 6.45) is -0.579. The van der Waals surface area contributed by atoms with E-state index in [0.29, 0.717) is 16.5 Å². The minimum atomic E-state index is -0.579. The lowest BCUT2D eigenvalue weighted by molar-refractivity contribution is 0.174. The second-order valence-corrected chi connectivity index (χ2v) is 6.08. The molecule has 0 aliphatic rings. The summed E-state index contributed by atoms with van der Waals surface area (Å²) in [5.41, 5.74) is 1.51. The fraction of sp³-hybridized carbons (Fsp3) is 0.167. The monoisotopic (exact) mass is 355 g/mol. The highest BCUT2D eigenvalue weighted by Crippen LogP contribution is 2.27. The molecule has 0 spiro atoms. The molecule has 0 radical (unpaired) electrons. The normalized spacial score (nSPS) is 11.7. The van der Waals surface area contributed by atoms with Gasteiger partial charge in [0, 0.05) is 5.75 Å². The highest BCUT2D eigenvalue weighted by atomic mass is 32.2. The lowest BCUT2D eigenvalue weighted by Gasteiger charge is -2.11. The summed E-state index contributed by atoms with van der Waals surface area (Å²) in [7, 11) is 0. The Morgan fingerprint density at radius 2 is 1.96 bits per heavy atom. The molecule has 0 unspecified atom stereocenters. The third-order valence-corrected chi connectivity index (χ3v) is 4.27. The lowest BCUT2D eigenvalue weighted by Crippen LogP contribution is -2.04. The Balaban J connectivity index is 1.64. The minimum absolute atomic E-state index is 0.130. The highest BCUT2D eigenvalue weighted by Gasteiger charge is 2.17. The van der Waals surface area contributed by atoms with Gasteiger partial charge in [-0.05, 0) is 30.7 Å². The van der Waals surface area contributed by atoms with Crippen LogP contribution in [0.5, 0.6) is 5.75 Å². The average molecular weight is 355 g/mol. The van der Waals surface area contributed by atoms with Crippen LogP contribution < -0.4 is 4.74 Å². The quantitative estimate of drug-likeness (QED) is 0.606. The molecular weight excluding hydrogens is 341 g/mol. The van der Waals surface area contributed by atoms with Crippen molar-refractivity contribution >= 4 is 11.8 Å². The summed E-state index contributed by atoms with van der Waals surface area (Å²) in [6, 6.07) is 15.6. The van der Waals surface area contributed by atoms with Gasteiger partial charge < -0.3 is 9.15 Å². The van der Waals surface area contributed by atoms with Crippen LogP contribution in [0, 0.1) is 17.1 Å². The third-order valence-electron chi connectivity index (χ3n) is 3.40. The second-order valence-electron chi connectivity index (χ2n) is 5.15. The van der Waals surface area contributed by atoms with Crippen molar-refractivity contribution in [3.05, 3.63) is 71.4 Å². The Kier molecular flexibility index (Phi) is 5.31. The first-order chi connectivity index (χ1) is 12.2. The van der Waals surface area contributed by atoms with E-state index in [9.17, 15) is 4.39 Å². The Bertz CT molecular complexity index is 907. The number of hydrogen-bond donors (Lipinski definition) is 0. The Morgan fingerprint density at radius 1 is 1.20 bits per heavy atom. The number of nitrogens with zero attached hydrogens (tertiary/aromatic N) is 3. The van der Waals surface area contributed by atoms with Gasteiger partial charge >= 0.3 is 0 Å². The first-order valence-corrected chi connectivity index (χ1v) is 8.51. The SMILES string of the molecule is C[C@H](Oc1ccccc1F)c1nnc(SCc2ccccc2C#N)o1. The van der Waals surface area contributed by atoms with E-state index in [0.717, 1.165) is 5.56 Å². The molecule has 5 nitrogen and oxygen atoms in total. The van der Waals surface area contributed by atoms with Crippen LogP contribution in [0.2, 0.25) is 0 Å². The fourth-order valence-corrected chi connectivity index (χ4v) is 2.89. The molecule has 0 bridgehead atoms. The number of aromatic nitrogens is 2. The molecule has 25 heavy (non-hydrogen) atoms. The summed E-state index contributed by atoms with van der Waals surface area (Å²) in [5, 5.41) is 17.4. The molecule has 0 fully saturated rings.